The maximum atomic E-state index is 5.94. The van der Waals surface area contributed by atoms with Crippen molar-refractivity contribution in [3.05, 3.63) is 65.0 Å². The molecule has 2 heterocycles. The lowest BCUT2D eigenvalue weighted by Gasteiger charge is -2.25. The van der Waals surface area contributed by atoms with E-state index < -0.39 is 0 Å². The Balaban J connectivity index is 1.70. The van der Waals surface area contributed by atoms with Crippen LogP contribution in [0.15, 0.2) is 54.6 Å². The molecule has 1 aliphatic heterocycles. The highest BCUT2D eigenvalue weighted by atomic mass is 32.1. The highest BCUT2D eigenvalue weighted by molar-refractivity contribution is 7.19. The summed E-state index contributed by atoms with van der Waals surface area (Å²) in [4.78, 5) is 1.12. The Morgan fingerprint density at radius 2 is 1.84 bits per heavy atom. The molecular formula is C16H12O2S. The molecule has 0 bridgehead atoms. The second-order valence-electron chi connectivity index (χ2n) is 4.56. The van der Waals surface area contributed by atoms with Gasteiger partial charge < -0.3 is 9.47 Å². The molecule has 94 valence electrons. The van der Waals surface area contributed by atoms with Crippen molar-refractivity contribution >= 4 is 21.4 Å². The first-order valence-electron chi connectivity index (χ1n) is 6.25. The summed E-state index contributed by atoms with van der Waals surface area (Å²) in [5.41, 5.74) is 1.11. The first-order valence-corrected chi connectivity index (χ1v) is 7.06. The van der Waals surface area contributed by atoms with E-state index in [1.807, 2.05) is 24.3 Å². The highest BCUT2D eigenvalue weighted by Crippen LogP contribution is 2.37. The molecule has 0 spiro atoms. The average molecular weight is 268 g/mol. The van der Waals surface area contributed by atoms with Crippen molar-refractivity contribution in [2.75, 3.05) is 0 Å². The summed E-state index contributed by atoms with van der Waals surface area (Å²) in [5.74, 6) is 0.927. The molecule has 0 saturated heterocycles. The molecule has 0 aliphatic carbocycles. The normalized spacial score (nSPS) is 18.0. The molecular weight excluding hydrogens is 256 g/mol. The zero-order valence-electron chi connectivity index (χ0n) is 10.2. The first kappa shape index (κ1) is 11.0. The Morgan fingerprint density at radius 3 is 2.79 bits per heavy atom. The van der Waals surface area contributed by atoms with Gasteiger partial charge >= 0.3 is 0 Å². The third kappa shape index (κ3) is 1.91. The minimum Gasteiger partial charge on any atom is -0.459 e. The van der Waals surface area contributed by atoms with Gasteiger partial charge in [-0.15, -0.1) is 11.3 Å². The lowest BCUT2D eigenvalue weighted by atomic mass is 10.2. The van der Waals surface area contributed by atoms with Gasteiger partial charge in [-0.2, -0.15) is 0 Å². The molecule has 0 fully saturated rings. The molecule has 2 nitrogen and oxygen atoms in total. The predicted molar refractivity (Wildman–Crippen MR) is 76.4 cm³/mol. The van der Waals surface area contributed by atoms with Gasteiger partial charge in [0.1, 0.15) is 5.75 Å². The lowest BCUT2D eigenvalue weighted by molar-refractivity contribution is -0.109. The van der Waals surface area contributed by atoms with Crippen molar-refractivity contribution in [2.24, 2.45) is 0 Å². The predicted octanol–water partition coefficient (Wildman–Crippen LogP) is 4.51. The number of hydrogen-bond acceptors (Lipinski definition) is 3. The van der Waals surface area contributed by atoms with Gasteiger partial charge in [0.25, 0.3) is 0 Å². The van der Waals surface area contributed by atoms with Crippen molar-refractivity contribution in [2.45, 2.75) is 12.9 Å². The van der Waals surface area contributed by atoms with Crippen LogP contribution in [0.5, 0.6) is 5.75 Å². The number of hydrogen-bond donors (Lipinski definition) is 0. The summed E-state index contributed by atoms with van der Waals surface area (Å²) < 4.78 is 13.0. The molecule has 4 rings (SSSR count). The summed E-state index contributed by atoms with van der Waals surface area (Å²) in [7, 11) is 0. The van der Waals surface area contributed by atoms with Crippen LogP contribution in [0, 0.1) is 0 Å². The average Bonchev–Trinajstić information content (AvgIpc) is 2.90. The molecule has 2 aromatic carbocycles. The lowest BCUT2D eigenvalue weighted by Crippen LogP contribution is -2.16. The molecule has 1 aromatic heterocycles. The van der Waals surface area contributed by atoms with Crippen molar-refractivity contribution in [1.82, 2.24) is 0 Å². The van der Waals surface area contributed by atoms with Gasteiger partial charge in [0, 0.05) is 10.3 Å². The second kappa shape index (κ2) is 4.37. The smallest absolute Gasteiger partial charge is 0.236 e. The third-order valence-electron chi connectivity index (χ3n) is 3.27. The van der Waals surface area contributed by atoms with Gasteiger partial charge in [0.2, 0.25) is 6.29 Å². The Bertz CT molecular complexity index is 699. The molecule has 0 radical (unpaired) electrons. The van der Waals surface area contributed by atoms with Gasteiger partial charge in [-0.25, -0.2) is 0 Å². The molecule has 0 N–H and O–H groups in total. The summed E-state index contributed by atoms with van der Waals surface area (Å²) >= 11 is 1.73. The summed E-state index contributed by atoms with van der Waals surface area (Å²) in [6, 6.07) is 18.5. The third-order valence-corrected chi connectivity index (χ3v) is 4.41. The van der Waals surface area contributed by atoms with E-state index in [-0.39, 0.29) is 6.29 Å². The maximum absolute atomic E-state index is 5.94. The number of thiophene rings is 1. The topological polar surface area (TPSA) is 18.5 Å². The van der Waals surface area contributed by atoms with Crippen LogP contribution >= 0.6 is 11.3 Å². The molecule has 0 saturated carbocycles. The Kier molecular flexibility index (Phi) is 2.53. The van der Waals surface area contributed by atoms with E-state index in [4.69, 9.17) is 9.47 Å². The summed E-state index contributed by atoms with van der Waals surface area (Å²) in [6.07, 6.45) is -0.285. The Labute approximate surface area is 115 Å². The SMILES string of the molecule is c1ccc2c(c1)COC(c1cc3ccccc3s1)O2. The molecule has 1 unspecified atom stereocenters. The first-order chi connectivity index (χ1) is 9.40. The number of benzene rings is 2. The van der Waals surface area contributed by atoms with Gasteiger partial charge in [-0.05, 0) is 23.6 Å². The van der Waals surface area contributed by atoms with Gasteiger partial charge in [-0.1, -0.05) is 36.4 Å². The van der Waals surface area contributed by atoms with Crippen LogP contribution in [0.3, 0.4) is 0 Å². The fourth-order valence-corrected chi connectivity index (χ4v) is 3.36. The minimum absolute atomic E-state index is 0.285. The van der Waals surface area contributed by atoms with Crippen molar-refractivity contribution in [3.63, 3.8) is 0 Å². The van der Waals surface area contributed by atoms with Crippen molar-refractivity contribution in [1.29, 1.82) is 0 Å². The van der Waals surface area contributed by atoms with Gasteiger partial charge in [0.05, 0.1) is 11.5 Å². The second-order valence-corrected chi connectivity index (χ2v) is 5.67. The van der Waals surface area contributed by atoms with Crippen LogP contribution in [0.4, 0.5) is 0 Å². The van der Waals surface area contributed by atoms with Crippen LogP contribution in [0.2, 0.25) is 0 Å². The summed E-state index contributed by atoms with van der Waals surface area (Å²) in [6.45, 7) is 0.606. The number of para-hydroxylation sites is 1. The van der Waals surface area contributed by atoms with Gasteiger partial charge in [-0.3, -0.25) is 0 Å². The molecule has 1 atom stereocenters. The van der Waals surface area contributed by atoms with Crippen molar-refractivity contribution < 1.29 is 9.47 Å². The molecule has 3 aromatic rings. The van der Waals surface area contributed by atoms with E-state index in [1.54, 1.807) is 11.3 Å². The van der Waals surface area contributed by atoms with E-state index in [0.717, 1.165) is 16.2 Å². The molecule has 19 heavy (non-hydrogen) atoms. The number of rotatable bonds is 1. The van der Waals surface area contributed by atoms with E-state index in [9.17, 15) is 0 Å². The fourth-order valence-electron chi connectivity index (χ4n) is 2.31. The zero-order valence-corrected chi connectivity index (χ0v) is 11.0. The quantitative estimate of drug-likeness (QED) is 0.646. The van der Waals surface area contributed by atoms with Crippen molar-refractivity contribution in [3.8, 4) is 5.75 Å². The van der Waals surface area contributed by atoms with Crippen LogP contribution in [0.1, 0.15) is 16.7 Å². The molecule has 3 heteroatoms. The standard InChI is InChI=1S/C16H12O2S/c1-3-7-13-12(6-1)10-17-16(18-13)15-9-11-5-2-4-8-14(11)19-15/h1-9,16H,10H2. The van der Waals surface area contributed by atoms with E-state index >= 15 is 0 Å². The Morgan fingerprint density at radius 1 is 1.00 bits per heavy atom. The van der Waals surface area contributed by atoms with Crippen LogP contribution < -0.4 is 4.74 Å². The highest BCUT2D eigenvalue weighted by Gasteiger charge is 2.23. The Hall–Kier alpha value is -1.84. The van der Waals surface area contributed by atoms with E-state index in [1.165, 1.54) is 10.1 Å². The van der Waals surface area contributed by atoms with Crippen LogP contribution in [0.25, 0.3) is 10.1 Å². The van der Waals surface area contributed by atoms with Gasteiger partial charge in [0.15, 0.2) is 0 Å². The zero-order chi connectivity index (χ0) is 12.7. The summed E-state index contributed by atoms with van der Waals surface area (Å²) in [5, 5.41) is 1.24. The molecule has 0 amide bonds. The number of fused-ring (bicyclic) bond motifs is 2. The monoisotopic (exact) mass is 268 g/mol. The minimum atomic E-state index is -0.285. The largest absolute Gasteiger partial charge is 0.459 e. The van der Waals surface area contributed by atoms with E-state index in [2.05, 4.69) is 30.3 Å². The maximum Gasteiger partial charge on any atom is 0.236 e. The van der Waals surface area contributed by atoms with Crippen LogP contribution in [-0.4, -0.2) is 0 Å². The van der Waals surface area contributed by atoms with Crippen LogP contribution in [-0.2, 0) is 11.3 Å². The number of ether oxygens (including phenoxy) is 2. The fraction of sp³-hybridized carbons (Fsp3) is 0.125. The van der Waals surface area contributed by atoms with E-state index in [0.29, 0.717) is 6.61 Å². The molecule has 1 aliphatic rings.